The van der Waals surface area contributed by atoms with Gasteiger partial charge >= 0.3 is 0 Å². The Hall–Kier alpha value is -2.11. The minimum Gasteiger partial charge on any atom is -0.390 e. The van der Waals surface area contributed by atoms with Crippen LogP contribution in [0, 0.1) is 0 Å². The molecule has 0 aliphatic carbocycles. The van der Waals surface area contributed by atoms with Gasteiger partial charge in [0.25, 0.3) is 5.56 Å². The van der Waals surface area contributed by atoms with Crippen LogP contribution in [0.15, 0.2) is 40.5 Å². The van der Waals surface area contributed by atoms with Crippen molar-refractivity contribution in [3.05, 3.63) is 56.8 Å². The third-order valence-corrected chi connectivity index (χ3v) is 4.17. The summed E-state index contributed by atoms with van der Waals surface area (Å²) < 4.78 is 1.36. The van der Waals surface area contributed by atoms with Gasteiger partial charge in [-0.05, 0) is 37.3 Å². The monoisotopic (exact) mass is 317 g/mol. The molecule has 0 atom stereocenters. The molecule has 0 bridgehead atoms. The van der Waals surface area contributed by atoms with Crippen molar-refractivity contribution in [3.63, 3.8) is 0 Å². The number of nitrogens with zero attached hydrogens (tertiary/aromatic N) is 2. The number of fused-ring (bicyclic) bond motifs is 1. The van der Waals surface area contributed by atoms with Crippen LogP contribution in [0.3, 0.4) is 0 Å². The van der Waals surface area contributed by atoms with Gasteiger partial charge < -0.3 is 5.73 Å². The highest BCUT2D eigenvalue weighted by Crippen LogP contribution is 2.28. The Balaban J connectivity index is 2.37. The summed E-state index contributed by atoms with van der Waals surface area (Å²) in [6.45, 7) is 1.90. The smallest absolute Gasteiger partial charge is 0.282 e. The minimum absolute atomic E-state index is 0.223. The molecule has 6 heteroatoms. The summed E-state index contributed by atoms with van der Waals surface area (Å²) in [5.74, 6) is 0. The number of benzene rings is 1. The number of anilines is 1. The van der Waals surface area contributed by atoms with Crippen molar-refractivity contribution in [1.82, 2.24) is 9.78 Å². The molecule has 0 saturated heterocycles. The highest BCUT2D eigenvalue weighted by molar-refractivity contribution is 7.15. The first-order valence-corrected chi connectivity index (χ1v) is 7.56. The maximum Gasteiger partial charge on any atom is 0.282 e. The van der Waals surface area contributed by atoms with E-state index in [4.69, 9.17) is 17.3 Å². The van der Waals surface area contributed by atoms with E-state index in [2.05, 4.69) is 5.10 Å². The topological polar surface area (TPSA) is 60.9 Å². The van der Waals surface area contributed by atoms with Gasteiger partial charge in [0.2, 0.25) is 0 Å². The minimum atomic E-state index is -0.223. The summed E-state index contributed by atoms with van der Waals surface area (Å²) in [6, 6.07) is 6.96. The molecule has 4 nitrogen and oxygen atoms in total. The summed E-state index contributed by atoms with van der Waals surface area (Å²) >= 11 is 7.23. The standard InChI is InChI=1S/C15H12ClN3OS/c1-2-3-12-11-8-21-14(17)13(11)15(20)19(18-12)10-6-4-9(16)5-7-10/h2-8H,17H2,1H3/b3-2+. The van der Waals surface area contributed by atoms with Crippen molar-refractivity contribution in [2.24, 2.45) is 0 Å². The van der Waals surface area contributed by atoms with E-state index in [1.165, 1.54) is 16.0 Å². The number of aromatic nitrogens is 2. The number of thiophene rings is 1. The van der Waals surface area contributed by atoms with Crippen molar-refractivity contribution in [1.29, 1.82) is 0 Å². The quantitative estimate of drug-likeness (QED) is 0.783. The maximum absolute atomic E-state index is 12.6. The first-order chi connectivity index (χ1) is 10.1. The molecule has 106 valence electrons. The molecule has 0 spiro atoms. The number of nitrogens with two attached hydrogens (primary N) is 1. The predicted octanol–water partition coefficient (Wildman–Crippen LogP) is 3.72. The van der Waals surface area contributed by atoms with E-state index in [1.54, 1.807) is 24.3 Å². The van der Waals surface area contributed by atoms with Crippen LogP contribution >= 0.6 is 22.9 Å². The highest BCUT2D eigenvalue weighted by atomic mass is 35.5. The van der Waals surface area contributed by atoms with Crippen LogP contribution in [-0.2, 0) is 0 Å². The average molecular weight is 318 g/mol. The lowest BCUT2D eigenvalue weighted by molar-refractivity contribution is 0.816. The molecule has 0 fully saturated rings. The molecule has 21 heavy (non-hydrogen) atoms. The zero-order valence-corrected chi connectivity index (χ0v) is 12.8. The molecule has 0 saturated carbocycles. The Labute approximate surface area is 130 Å². The zero-order valence-electron chi connectivity index (χ0n) is 11.2. The second-order valence-corrected chi connectivity index (χ2v) is 5.81. The van der Waals surface area contributed by atoms with Crippen LogP contribution in [0.1, 0.15) is 12.6 Å². The Morgan fingerprint density at radius 1 is 1.33 bits per heavy atom. The SMILES string of the molecule is C/C=C/c1nn(-c2ccc(Cl)cc2)c(=O)c2c(N)scc12. The van der Waals surface area contributed by atoms with Gasteiger partial charge in [-0.3, -0.25) is 4.79 Å². The van der Waals surface area contributed by atoms with Gasteiger partial charge in [0.1, 0.15) is 0 Å². The first kappa shape index (κ1) is 13.9. The molecule has 3 rings (SSSR count). The van der Waals surface area contributed by atoms with E-state index >= 15 is 0 Å². The van der Waals surface area contributed by atoms with Gasteiger partial charge in [-0.1, -0.05) is 17.7 Å². The van der Waals surface area contributed by atoms with Crippen LogP contribution in [-0.4, -0.2) is 9.78 Å². The summed E-state index contributed by atoms with van der Waals surface area (Å²) in [5.41, 5.74) is 7.10. The summed E-state index contributed by atoms with van der Waals surface area (Å²) in [5, 5.41) is 8.70. The van der Waals surface area contributed by atoms with Crippen molar-refractivity contribution >= 4 is 44.8 Å². The van der Waals surface area contributed by atoms with Crippen molar-refractivity contribution < 1.29 is 0 Å². The van der Waals surface area contributed by atoms with E-state index < -0.39 is 0 Å². The average Bonchev–Trinajstić information content (AvgIpc) is 2.86. The first-order valence-electron chi connectivity index (χ1n) is 6.30. The van der Waals surface area contributed by atoms with E-state index in [0.29, 0.717) is 21.1 Å². The Morgan fingerprint density at radius 3 is 2.71 bits per heavy atom. The molecular formula is C15H12ClN3OS. The van der Waals surface area contributed by atoms with Gasteiger partial charge in [0, 0.05) is 15.8 Å². The maximum atomic E-state index is 12.6. The number of halogens is 1. The molecular weight excluding hydrogens is 306 g/mol. The van der Waals surface area contributed by atoms with Gasteiger partial charge in [0.15, 0.2) is 0 Å². The van der Waals surface area contributed by atoms with Gasteiger partial charge in [0.05, 0.1) is 21.8 Å². The van der Waals surface area contributed by atoms with Crippen LogP contribution in [0.5, 0.6) is 0 Å². The molecule has 0 unspecified atom stereocenters. The molecule has 3 aromatic rings. The lowest BCUT2D eigenvalue weighted by Crippen LogP contribution is -2.22. The molecule has 0 radical (unpaired) electrons. The largest absolute Gasteiger partial charge is 0.390 e. The van der Waals surface area contributed by atoms with E-state index in [1.807, 2.05) is 24.5 Å². The Kier molecular flexibility index (Phi) is 3.53. The Bertz CT molecular complexity index is 894. The van der Waals surface area contributed by atoms with Crippen LogP contribution in [0.25, 0.3) is 22.5 Å². The van der Waals surface area contributed by atoms with Crippen LogP contribution in [0.4, 0.5) is 5.00 Å². The second-order valence-electron chi connectivity index (χ2n) is 4.47. The fourth-order valence-corrected chi connectivity index (χ4v) is 3.06. The lowest BCUT2D eigenvalue weighted by Gasteiger charge is -2.07. The summed E-state index contributed by atoms with van der Waals surface area (Å²) in [4.78, 5) is 12.6. The molecule has 2 N–H and O–H groups in total. The number of rotatable bonds is 2. The zero-order chi connectivity index (χ0) is 15.0. The second kappa shape index (κ2) is 5.35. The van der Waals surface area contributed by atoms with Crippen LogP contribution < -0.4 is 11.3 Å². The Morgan fingerprint density at radius 2 is 2.05 bits per heavy atom. The fraction of sp³-hybridized carbons (Fsp3) is 0.0667. The molecule has 2 aromatic heterocycles. The van der Waals surface area contributed by atoms with E-state index in [9.17, 15) is 4.79 Å². The van der Waals surface area contributed by atoms with E-state index in [0.717, 1.165) is 11.1 Å². The molecule has 0 amide bonds. The molecule has 1 aromatic carbocycles. The fourth-order valence-electron chi connectivity index (χ4n) is 2.13. The third kappa shape index (κ3) is 2.34. The number of nitrogen functional groups attached to an aromatic ring is 1. The number of hydrogen-bond acceptors (Lipinski definition) is 4. The normalized spacial score (nSPS) is 11.5. The van der Waals surface area contributed by atoms with E-state index in [-0.39, 0.29) is 5.56 Å². The van der Waals surface area contributed by atoms with Gasteiger partial charge in [-0.25, -0.2) is 0 Å². The lowest BCUT2D eigenvalue weighted by atomic mass is 10.2. The third-order valence-electron chi connectivity index (χ3n) is 3.11. The van der Waals surface area contributed by atoms with Crippen LogP contribution in [0.2, 0.25) is 5.02 Å². The highest BCUT2D eigenvalue weighted by Gasteiger charge is 2.14. The summed E-state index contributed by atoms with van der Waals surface area (Å²) in [7, 11) is 0. The molecule has 0 aliphatic heterocycles. The predicted molar refractivity (Wildman–Crippen MR) is 89.3 cm³/mol. The number of hydrogen-bond donors (Lipinski definition) is 1. The molecule has 2 heterocycles. The van der Waals surface area contributed by atoms with Crippen molar-refractivity contribution in [2.45, 2.75) is 6.92 Å². The summed E-state index contributed by atoms with van der Waals surface area (Å²) in [6.07, 6.45) is 3.74. The van der Waals surface area contributed by atoms with Gasteiger partial charge in [-0.15, -0.1) is 11.3 Å². The van der Waals surface area contributed by atoms with Crippen molar-refractivity contribution in [3.8, 4) is 5.69 Å². The van der Waals surface area contributed by atoms with Gasteiger partial charge in [-0.2, -0.15) is 9.78 Å². The van der Waals surface area contributed by atoms with Crippen molar-refractivity contribution in [2.75, 3.05) is 5.73 Å². The molecule has 0 aliphatic rings. The number of allylic oxidation sites excluding steroid dienone is 1.